The van der Waals surface area contributed by atoms with Crippen LogP contribution in [0.15, 0.2) is 42.5 Å². The highest BCUT2D eigenvalue weighted by atomic mass is 19.1. The van der Waals surface area contributed by atoms with Crippen LogP contribution in [0.3, 0.4) is 0 Å². The summed E-state index contributed by atoms with van der Waals surface area (Å²) in [5, 5.41) is 2.83. The molecule has 6 nitrogen and oxygen atoms in total. The fourth-order valence-electron chi connectivity index (χ4n) is 4.38. The van der Waals surface area contributed by atoms with Gasteiger partial charge in [0, 0.05) is 57.6 Å². The third-order valence-corrected chi connectivity index (χ3v) is 6.00. The van der Waals surface area contributed by atoms with Crippen molar-refractivity contribution in [2.45, 2.75) is 26.2 Å². The fourth-order valence-corrected chi connectivity index (χ4v) is 4.38. The molecule has 4 rings (SSSR count). The van der Waals surface area contributed by atoms with E-state index >= 15 is 0 Å². The lowest BCUT2D eigenvalue weighted by Crippen LogP contribution is -2.49. The van der Waals surface area contributed by atoms with Gasteiger partial charge in [0.15, 0.2) is 0 Å². The lowest BCUT2D eigenvalue weighted by atomic mass is 10.0. The first-order chi connectivity index (χ1) is 15.0. The van der Waals surface area contributed by atoms with Gasteiger partial charge in [0.05, 0.1) is 11.3 Å². The molecular weight excluding hydrogens is 395 g/mol. The molecule has 2 aliphatic rings. The number of piperidine rings is 1. The summed E-state index contributed by atoms with van der Waals surface area (Å²) in [6, 6.07) is 12.1. The summed E-state index contributed by atoms with van der Waals surface area (Å²) >= 11 is 0. The number of amides is 2. The Balaban J connectivity index is 1.50. The first-order valence-corrected chi connectivity index (χ1v) is 11.0. The van der Waals surface area contributed by atoms with Gasteiger partial charge in [-0.2, -0.15) is 0 Å². The number of carbonyl (C=O) groups excluding carboxylic acids is 2. The summed E-state index contributed by atoms with van der Waals surface area (Å²) in [5.74, 6) is -0.347. The zero-order chi connectivity index (χ0) is 21.8. The molecule has 2 aromatic rings. The molecule has 31 heavy (non-hydrogen) atoms. The summed E-state index contributed by atoms with van der Waals surface area (Å²) in [7, 11) is 0. The third kappa shape index (κ3) is 4.98. The summed E-state index contributed by atoms with van der Waals surface area (Å²) in [6.07, 6.45) is 3.42. The van der Waals surface area contributed by atoms with Crippen LogP contribution in [0.4, 0.5) is 21.5 Å². The second kappa shape index (κ2) is 9.37. The van der Waals surface area contributed by atoms with Crippen LogP contribution in [0.25, 0.3) is 0 Å². The average Bonchev–Trinajstić information content (AvgIpc) is 2.79. The van der Waals surface area contributed by atoms with E-state index in [9.17, 15) is 14.0 Å². The topological polar surface area (TPSA) is 55.9 Å². The van der Waals surface area contributed by atoms with E-state index in [1.807, 2.05) is 17.0 Å². The number of hydrogen-bond acceptors (Lipinski definition) is 4. The number of nitrogens with zero attached hydrogens (tertiary/aromatic N) is 3. The molecule has 0 bridgehead atoms. The molecule has 7 heteroatoms. The molecule has 2 aromatic carbocycles. The second-order valence-corrected chi connectivity index (χ2v) is 8.22. The van der Waals surface area contributed by atoms with Crippen molar-refractivity contribution < 1.29 is 14.0 Å². The highest BCUT2D eigenvalue weighted by Gasteiger charge is 2.26. The van der Waals surface area contributed by atoms with E-state index in [4.69, 9.17) is 0 Å². The quantitative estimate of drug-likeness (QED) is 0.813. The number of halogens is 1. The molecule has 2 saturated heterocycles. The van der Waals surface area contributed by atoms with Crippen molar-refractivity contribution in [2.24, 2.45) is 0 Å². The average molecular weight is 425 g/mol. The fraction of sp³-hybridized carbons (Fsp3) is 0.417. The molecule has 0 unspecified atom stereocenters. The molecule has 2 heterocycles. The summed E-state index contributed by atoms with van der Waals surface area (Å²) < 4.78 is 13.2. The van der Waals surface area contributed by atoms with Crippen molar-refractivity contribution in [3.05, 3.63) is 53.8 Å². The summed E-state index contributed by atoms with van der Waals surface area (Å²) in [4.78, 5) is 31.3. The minimum Gasteiger partial charge on any atom is -0.371 e. The number of anilines is 3. The van der Waals surface area contributed by atoms with Gasteiger partial charge in [-0.25, -0.2) is 4.39 Å². The Labute approximate surface area is 182 Å². The van der Waals surface area contributed by atoms with Crippen LogP contribution in [0, 0.1) is 5.82 Å². The molecular formula is C24H29FN4O2. The van der Waals surface area contributed by atoms with Gasteiger partial charge >= 0.3 is 0 Å². The largest absolute Gasteiger partial charge is 0.371 e. The van der Waals surface area contributed by atoms with Crippen molar-refractivity contribution in [3.8, 4) is 0 Å². The van der Waals surface area contributed by atoms with Crippen LogP contribution >= 0.6 is 0 Å². The first-order valence-electron chi connectivity index (χ1n) is 11.0. The predicted octanol–water partition coefficient (Wildman–Crippen LogP) is 3.74. The van der Waals surface area contributed by atoms with Crippen molar-refractivity contribution in [1.82, 2.24) is 4.90 Å². The van der Waals surface area contributed by atoms with Crippen molar-refractivity contribution in [3.63, 3.8) is 0 Å². The lowest BCUT2D eigenvalue weighted by Gasteiger charge is -2.37. The number of rotatable bonds is 4. The number of carbonyl (C=O) groups is 2. The molecule has 0 aliphatic carbocycles. The number of hydrogen-bond donors (Lipinski definition) is 1. The van der Waals surface area contributed by atoms with E-state index in [0.29, 0.717) is 37.4 Å². The molecule has 1 N–H and O–H groups in total. The van der Waals surface area contributed by atoms with Gasteiger partial charge in [-0.3, -0.25) is 9.59 Å². The molecule has 2 aliphatic heterocycles. The van der Waals surface area contributed by atoms with Crippen LogP contribution in [0.2, 0.25) is 0 Å². The minimum absolute atomic E-state index is 0.0219. The Hall–Kier alpha value is -3.09. The van der Waals surface area contributed by atoms with Gasteiger partial charge in [0.1, 0.15) is 5.82 Å². The highest BCUT2D eigenvalue weighted by molar-refractivity contribution is 6.01. The predicted molar refractivity (Wildman–Crippen MR) is 121 cm³/mol. The Morgan fingerprint density at radius 1 is 0.839 bits per heavy atom. The zero-order valence-corrected chi connectivity index (χ0v) is 17.9. The molecule has 0 saturated carbocycles. The Morgan fingerprint density at radius 3 is 2.16 bits per heavy atom. The van der Waals surface area contributed by atoms with E-state index in [-0.39, 0.29) is 17.6 Å². The molecule has 0 spiro atoms. The van der Waals surface area contributed by atoms with Crippen LogP contribution in [0.5, 0.6) is 0 Å². The van der Waals surface area contributed by atoms with Gasteiger partial charge in [-0.05, 0) is 61.7 Å². The number of nitrogens with one attached hydrogen (secondary N) is 1. The minimum atomic E-state index is -0.245. The van der Waals surface area contributed by atoms with Gasteiger partial charge in [-0.1, -0.05) is 0 Å². The Bertz CT molecular complexity index is 933. The summed E-state index contributed by atoms with van der Waals surface area (Å²) in [5.41, 5.74) is 3.27. The maximum Gasteiger partial charge on any atom is 0.256 e. The van der Waals surface area contributed by atoms with E-state index in [1.54, 1.807) is 18.2 Å². The van der Waals surface area contributed by atoms with Gasteiger partial charge in [0.2, 0.25) is 5.91 Å². The monoisotopic (exact) mass is 424 g/mol. The SMILES string of the molecule is CC(=O)Nc1ccc(C(=O)N2CCN(c3ccc(F)cc3)CC2)c(N2CCCCC2)c1. The molecule has 0 atom stereocenters. The van der Waals surface area contributed by atoms with Crippen LogP contribution in [0.1, 0.15) is 36.5 Å². The maximum atomic E-state index is 13.4. The van der Waals surface area contributed by atoms with E-state index < -0.39 is 0 Å². The van der Waals surface area contributed by atoms with Crippen molar-refractivity contribution >= 4 is 28.9 Å². The third-order valence-electron chi connectivity index (χ3n) is 6.00. The first kappa shape index (κ1) is 21.2. The van der Waals surface area contributed by atoms with Crippen LogP contribution < -0.4 is 15.1 Å². The molecule has 0 radical (unpaired) electrons. The van der Waals surface area contributed by atoms with Crippen LogP contribution in [-0.4, -0.2) is 56.0 Å². The molecule has 2 amide bonds. The highest BCUT2D eigenvalue weighted by Crippen LogP contribution is 2.29. The van der Waals surface area contributed by atoms with Crippen LogP contribution in [-0.2, 0) is 4.79 Å². The maximum absolute atomic E-state index is 13.4. The van der Waals surface area contributed by atoms with Crippen molar-refractivity contribution in [1.29, 1.82) is 0 Å². The van der Waals surface area contributed by atoms with E-state index in [0.717, 1.165) is 37.3 Å². The van der Waals surface area contributed by atoms with Gasteiger partial charge in [-0.15, -0.1) is 0 Å². The number of benzene rings is 2. The Kier molecular flexibility index (Phi) is 6.39. The second-order valence-electron chi connectivity index (χ2n) is 8.22. The lowest BCUT2D eigenvalue weighted by molar-refractivity contribution is -0.114. The van der Waals surface area contributed by atoms with Crippen molar-refractivity contribution in [2.75, 3.05) is 54.4 Å². The normalized spacial score (nSPS) is 16.9. The van der Waals surface area contributed by atoms with Gasteiger partial charge in [0.25, 0.3) is 5.91 Å². The number of piperazine rings is 1. The summed E-state index contributed by atoms with van der Waals surface area (Å²) in [6.45, 7) is 5.97. The van der Waals surface area contributed by atoms with Gasteiger partial charge < -0.3 is 20.0 Å². The molecule has 0 aromatic heterocycles. The van der Waals surface area contributed by atoms with E-state index in [2.05, 4.69) is 15.1 Å². The van der Waals surface area contributed by atoms with E-state index in [1.165, 1.54) is 25.5 Å². The Morgan fingerprint density at radius 2 is 1.52 bits per heavy atom. The molecule has 164 valence electrons. The zero-order valence-electron chi connectivity index (χ0n) is 17.9. The standard InChI is InChI=1S/C24H29FN4O2/c1-18(30)26-20-7-10-22(23(17-20)28-11-3-2-4-12-28)24(31)29-15-13-27(14-16-29)21-8-5-19(25)6-9-21/h5-10,17H,2-4,11-16H2,1H3,(H,26,30). The molecule has 2 fully saturated rings. The smallest absolute Gasteiger partial charge is 0.256 e.